The Kier molecular flexibility index (Phi) is 3.71. The van der Waals surface area contributed by atoms with Crippen molar-refractivity contribution in [3.63, 3.8) is 0 Å². The lowest BCUT2D eigenvalue weighted by atomic mass is 10.2. The van der Waals surface area contributed by atoms with Crippen molar-refractivity contribution in [2.75, 3.05) is 11.9 Å². The molecule has 0 bridgehead atoms. The Hall–Kier alpha value is -2.07. The number of hydrogen-bond acceptors (Lipinski definition) is 3. The zero-order valence-electron chi connectivity index (χ0n) is 10.6. The van der Waals surface area contributed by atoms with Gasteiger partial charge in [-0.3, -0.25) is 0 Å². The van der Waals surface area contributed by atoms with Gasteiger partial charge in [-0.05, 0) is 24.6 Å². The molecule has 1 aromatic heterocycles. The first kappa shape index (κ1) is 13.4. The summed E-state index contributed by atoms with van der Waals surface area (Å²) >= 11 is 6.12. The molecule has 5 heteroatoms. The van der Waals surface area contributed by atoms with Crippen molar-refractivity contribution in [2.24, 2.45) is 0 Å². The predicted octanol–water partition coefficient (Wildman–Crippen LogP) is 3.51. The van der Waals surface area contributed by atoms with Crippen LogP contribution in [0, 0.1) is 6.92 Å². The van der Waals surface area contributed by atoms with Gasteiger partial charge in [0, 0.05) is 18.9 Å². The maximum absolute atomic E-state index is 11.1. The van der Waals surface area contributed by atoms with E-state index < -0.39 is 5.97 Å². The lowest BCUT2D eigenvalue weighted by Crippen LogP contribution is -2.14. The second kappa shape index (κ2) is 5.28. The first-order chi connectivity index (χ1) is 9.02. The molecule has 1 aromatic carbocycles. The summed E-state index contributed by atoms with van der Waals surface area (Å²) in [7, 11) is 1.81. The minimum atomic E-state index is -1.06. The molecule has 0 radical (unpaired) electrons. The topological polar surface area (TPSA) is 53.4 Å². The highest BCUT2D eigenvalue weighted by molar-refractivity contribution is 6.36. The summed E-state index contributed by atoms with van der Waals surface area (Å²) in [5.74, 6) is -0.636. The number of aryl methyl sites for hydroxylation is 1. The number of anilines is 2. The summed E-state index contributed by atoms with van der Waals surface area (Å²) in [6, 6.07) is 9.14. The number of benzene rings is 1. The van der Waals surface area contributed by atoms with Crippen molar-refractivity contribution in [1.29, 1.82) is 0 Å². The highest BCUT2D eigenvalue weighted by Crippen LogP contribution is 2.32. The SMILES string of the molecule is Cc1ccccc1N(C)c1nccc(C(=O)O)c1Cl. The minimum Gasteiger partial charge on any atom is -0.478 e. The van der Waals surface area contributed by atoms with Crippen LogP contribution in [-0.4, -0.2) is 23.1 Å². The molecule has 0 aliphatic rings. The molecule has 0 fully saturated rings. The minimum absolute atomic E-state index is 0.0482. The van der Waals surface area contributed by atoms with Gasteiger partial charge >= 0.3 is 5.97 Å². The summed E-state index contributed by atoms with van der Waals surface area (Å²) in [6.07, 6.45) is 1.44. The number of rotatable bonds is 3. The van der Waals surface area contributed by atoms with Crippen LogP contribution in [0.15, 0.2) is 36.5 Å². The van der Waals surface area contributed by atoms with Gasteiger partial charge in [0.05, 0.1) is 10.6 Å². The summed E-state index contributed by atoms with van der Waals surface area (Å²) in [6.45, 7) is 1.97. The summed E-state index contributed by atoms with van der Waals surface area (Å²) in [4.78, 5) is 17.0. The van der Waals surface area contributed by atoms with E-state index in [1.807, 2.05) is 38.2 Å². The van der Waals surface area contributed by atoms with Gasteiger partial charge in [-0.25, -0.2) is 9.78 Å². The number of nitrogens with zero attached hydrogens (tertiary/aromatic N) is 2. The van der Waals surface area contributed by atoms with E-state index in [1.165, 1.54) is 12.3 Å². The molecule has 0 saturated heterocycles. The average molecular weight is 277 g/mol. The maximum Gasteiger partial charge on any atom is 0.337 e. The molecular weight excluding hydrogens is 264 g/mol. The lowest BCUT2D eigenvalue weighted by Gasteiger charge is -2.21. The number of carboxylic acid groups (broad SMARTS) is 1. The Morgan fingerprint density at radius 1 is 1.32 bits per heavy atom. The van der Waals surface area contributed by atoms with E-state index in [0.29, 0.717) is 5.82 Å². The molecular formula is C14H13ClN2O2. The molecule has 0 unspecified atom stereocenters. The molecule has 19 heavy (non-hydrogen) atoms. The number of carbonyl (C=O) groups is 1. The Morgan fingerprint density at radius 2 is 2.00 bits per heavy atom. The largest absolute Gasteiger partial charge is 0.478 e. The van der Waals surface area contributed by atoms with E-state index in [-0.39, 0.29) is 10.6 Å². The molecule has 0 saturated carbocycles. The quantitative estimate of drug-likeness (QED) is 0.932. The van der Waals surface area contributed by atoms with Crippen LogP contribution in [0.1, 0.15) is 15.9 Å². The van der Waals surface area contributed by atoms with Gasteiger partial charge < -0.3 is 10.0 Å². The molecule has 98 valence electrons. The van der Waals surface area contributed by atoms with E-state index in [1.54, 1.807) is 4.90 Å². The van der Waals surface area contributed by atoms with Gasteiger partial charge in [0.25, 0.3) is 0 Å². The van der Waals surface area contributed by atoms with Gasteiger partial charge in [-0.2, -0.15) is 0 Å². The van der Waals surface area contributed by atoms with Crippen LogP contribution in [0.2, 0.25) is 5.02 Å². The molecule has 2 aromatic rings. The van der Waals surface area contributed by atoms with Crippen LogP contribution < -0.4 is 4.90 Å². The third kappa shape index (κ3) is 2.53. The molecule has 0 spiro atoms. The maximum atomic E-state index is 11.1. The number of pyridine rings is 1. The van der Waals surface area contributed by atoms with Crippen LogP contribution in [0.3, 0.4) is 0 Å². The number of aromatic nitrogens is 1. The fraction of sp³-hybridized carbons (Fsp3) is 0.143. The number of carboxylic acids is 1. The molecule has 1 N–H and O–H groups in total. The zero-order valence-corrected chi connectivity index (χ0v) is 11.3. The van der Waals surface area contributed by atoms with Crippen LogP contribution in [0.25, 0.3) is 0 Å². The van der Waals surface area contributed by atoms with E-state index in [4.69, 9.17) is 16.7 Å². The number of halogens is 1. The average Bonchev–Trinajstić information content (AvgIpc) is 2.38. The summed E-state index contributed by atoms with van der Waals surface area (Å²) in [5, 5.41) is 9.21. The van der Waals surface area contributed by atoms with Crippen LogP contribution >= 0.6 is 11.6 Å². The lowest BCUT2D eigenvalue weighted by molar-refractivity contribution is 0.0697. The monoisotopic (exact) mass is 276 g/mol. The first-order valence-electron chi connectivity index (χ1n) is 5.69. The van der Waals surface area contributed by atoms with E-state index in [2.05, 4.69) is 4.98 Å². The van der Waals surface area contributed by atoms with Crippen LogP contribution in [0.5, 0.6) is 0 Å². The Bertz CT molecular complexity index is 629. The Labute approximate surface area is 116 Å². The molecule has 0 aliphatic carbocycles. The van der Waals surface area contributed by atoms with Gasteiger partial charge in [-0.1, -0.05) is 29.8 Å². The molecule has 2 rings (SSSR count). The van der Waals surface area contributed by atoms with Crippen LogP contribution in [0.4, 0.5) is 11.5 Å². The number of hydrogen-bond donors (Lipinski definition) is 1. The second-order valence-electron chi connectivity index (χ2n) is 4.15. The second-order valence-corrected chi connectivity index (χ2v) is 4.52. The molecule has 0 amide bonds. The van der Waals surface area contributed by atoms with Gasteiger partial charge in [0.1, 0.15) is 0 Å². The van der Waals surface area contributed by atoms with Crippen molar-refractivity contribution >= 4 is 29.1 Å². The van der Waals surface area contributed by atoms with Gasteiger partial charge in [0.2, 0.25) is 0 Å². The van der Waals surface area contributed by atoms with Crippen molar-refractivity contribution in [2.45, 2.75) is 6.92 Å². The molecule has 1 heterocycles. The third-order valence-corrected chi connectivity index (χ3v) is 3.27. The zero-order chi connectivity index (χ0) is 14.0. The summed E-state index contributed by atoms with van der Waals surface area (Å²) in [5.41, 5.74) is 2.04. The van der Waals surface area contributed by atoms with Crippen LogP contribution in [-0.2, 0) is 0 Å². The van der Waals surface area contributed by atoms with E-state index in [9.17, 15) is 4.79 Å². The molecule has 0 atom stereocenters. The van der Waals surface area contributed by atoms with Crippen molar-refractivity contribution in [3.8, 4) is 0 Å². The van der Waals surface area contributed by atoms with Crippen molar-refractivity contribution < 1.29 is 9.90 Å². The molecule has 0 aliphatic heterocycles. The summed E-state index contributed by atoms with van der Waals surface area (Å²) < 4.78 is 0. The van der Waals surface area contributed by atoms with E-state index in [0.717, 1.165) is 11.3 Å². The van der Waals surface area contributed by atoms with Crippen molar-refractivity contribution in [1.82, 2.24) is 4.98 Å². The number of para-hydroxylation sites is 1. The number of aromatic carboxylic acids is 1. The van der Waals surface area contributed by atoms with Gasteiger partial charge in [-0.15, -0.1) is 0 Å². The first-order valence-corrected chi connectivity index (χ1v) is 6.07. The molecule has 4 nitrogen and oxygen atoms in total. The van der Waals surface area contributed by atoms with E-state index >= 15 is 0 Å². The Morgan fingerprint density at radius 3 is 2.63 bits per heavy atom. The normalized spacial score (nSPS) is 10.3. The predicted molar refractivity (Wildman–Crippen MR) is 75.4 cm³/mol. The fourth-order valence-electron chi connectivity index (χ4n) is 1.89. The van der Waals surface area contributed by atoms with Gasteiger partial charge in [0.15, 0.2) is 5.82 Å². The smallest absolute Gasteiger partial charge is 0.337 e. The third-order valence-electron chi connectivity index (χ3n) is 2.90. The fourth-order valence-corrected chi connectivity index (χ4v) is 2.20. The van der Waals surface area contributed by atoms with Crippen molar-refractivity contribution in [3.05, 3.63) is 52.7 Å². The highest BCUT2D eigenvalue weighted by Gasteiger charge is 2.17. The highest BCUT2D eigenvalue weighted by atomic mass is 35.5. The standard InChI is InChI=1S/C14H13ClN2O2/c1-9-5-3-4-6-11(9)17(2)13-12(15)10(14(18)19)7-8-16-13/h3-8H,1-2H3,(H,18,19). The Balaban J connectivity index is 2.51.